The number of amides is 1. The molecule has 0 aliphatic heterocycles. The Kier molecular flexibility index (Phi) is 9.90. The fraction of sp³-hybridized carbons (Fsp3) is 0.370. The molecule has 0 radical (unpaired) electrons. The molecule has 0 unspecified atom stereocenters. The molecule has 0 saturated carbocycles. The molecule has 1 N–H and O–H groups in total. The number of carbonyl (C=O) groups excluding carboxylic acids is 1. The van der Waals surface area contributed by atoms with Crippen molar-refractivity contribution in [3.8, 4) is 0 Å². The third-order valence-electron chi connectivity index (χ3n) is 6.58. The van der Waals surface area contributed by atoms with Crippen LogP contribution in [0.4, 0.5) is 5.69 Å². The molecule has 2 aromatic heterocycles. The molecule has 1 amide bonds. The smallest absolute Gasteiger partial charge is 0.274 e. The van der Waals surface area contributed by atoms with Crippen molar-refractivity contribution in [2.24, 2.45) is 14.1 Å². The van der Waals surface area contributed by atoms with Gasteiger partial charge in [-0.25, -0.2) is 13.1 Å². The quantitative estimate of drug-likeness (QED) is 0.208. The van der Waals surface area contributed by atoms with Crippen LogP contribution in [-0.2, 0) is 35.1 Å². The Morgan fingerprint density at radius 3 is 2.40 bits per heavy atom. The van der Waals surface area contributed by atoms with Gasteiger partial charge in [0, 0.05) is 34.8 Å². The van der Waals surface area contributed by atoms with Crippen molar-refractivity contribution in [1.82, 2.24) is 24.5 Å². The highest BCUT2D eigenvalue weighted by Crippen LogP contribution is 2.26. The second-order valence-corrected chi connectivity index (χ2v) is 13.3. The highest BCUT2D eigenvalue weighted by Gasteiger charge is 2.23. The number of anilines is 1. The molecule has 212 valence electrons. The minimum Gasteiger partial charge on any atom is -0.325 e. The van der Waals surface area contributed by atoms with Gasteiger partial charge in [-0.2, -0.15) is 5.10 Å². The van der Waals surface area contributed by atoms with Crippen LogP contribution in [0.5, 0.6) is 0 Å². The maximum absolute atomic E-state index is 13.0. The number of halogens is 2. The standard InChI is InChI=1S/C27H30Br2N6O4S/c1-34-24(17-23-19-10-7-8-11-20(19)26(37)35(2)33-23)31-32-27(34)40(38,39)15-9-5-3-4-6-12-25(36)30-22-14-13-18(28)16-21(22)29/h7-8,10-11,13-14,16H,3-6,9,12,15,17H2,1-2H3,(H,30,36). The highest BCUT2D eigenvalue weighted by molar-refractivity contribution is 9.11. The van der Waals surface area contributed by atoms with Gasteiger partial charge in [0.15, 0.2) is 0 Å². The summed E-state index contributed by atoms with van der Waals surface area (Å²) in [4.78, 5) is 24.6. The summed E-state index contributed by atoms with van der Waals surface area (Å²) >= 11 is 6.82. The van der Waals surface area contributed by atoms with Crippen LogP contribution in [-0.4, -0.2) is 44.6 Å². The summed E-state index contributed by atoms with van der Waals surface area (Å²) in [7, 11) is -0.411. The fourth-order valence-corrected chi connectivity index (χ4v) is 7.03. The van der Waals surface area contributed by atoms with Crippen LogP contribution in [0.15, 0.2) is 61.4 Å². The van der Waals surface area contributed by atoms with Crippen LogP contribution in [0.3, 0.4) is 0 Å². The summed E-state index contributed by atoms with van der Waals surface area (Å²) in [6, 6.07) is 12.8. The Morgan fingerprint density at radius 1 is 0.950 bits per heavy atom. The third kappa shape index (κ3) is 7.24. The SMILES string of the molecule is Cn1c(Cc2nn(C)c(=O)c3ccccc23)nnc1S(=O)(=O)CCCCCCCC(=O)Nc1ccc(Br)cc1Br. The van der Waals surface area contributed by atoms with E-state index in [1.165, 1.54) is 9.25 Å². The molecule has 2 aromatic carbocycles. The fourth-order valence-electron chi connectivity index (χ4n) is 4.43. The summed E-state index contributed by atoms with van der Waals surface area (Å²) in [5.74, 6) is 0.367. The third-order valence-corrected chi connectivity index (χ3v) is 9.47. The first-order chi connectivity index (χ1) is 19.1. The Balaban J connectivity index is 1.25. The van der Waals surface area contributed by atoms with Crippen LogP contribution < -0.4 is 10.9 Å². The number of benzene rings is 2. The lowest BCUT2D eigenvalue weighted by Crippen LogP contribution is -2.22. The number of hydrogen-bond acceptors (Lipinski definition) is 7. The van der Waals surface area contributed by atoms with Crippen molar-refractivity contribution >= 4 is 64.1 Å². The Morgan fingerprint density at radius 2 is 1.65 bits per heavy atom. The van der Waals surface area contributed by atoms with E-state index in [1.54, 1.807) is 26.2 Å². The minimum absolute atomic E-state index is 0.0297. The zero-order valence-corrected chi connectivity index (χ0v) is 26.2. The highest BCUT2D eigenvalue weighted by atomic mass is 79.9. The normalized spacial score (nSPS) is 11.7. The lowest BCUT2D eigenvalue weighted by Gasteiger charge is -2.09. The summed E-state index contributed by atoms with van der Waals surface area (Å²) < 4.78 is 30.5. The zero-order valence-electron chi connectivity index (χ0n) is 22.2. The molecule has 4 aromatic rings. The molecule has 0 aliphatic carbocycles. The lowest BCUT2D eigenvalue weighted by atomic mass is 10.1. The van der Waals surface area contributed by atoms with Crippen molar-refractivity contribution < 1.29 is 13.2 Å². The maximum atomic E-state index is 13.0. The van der Waals surface area contributed by atoms with Gasteiger partial charge in [-0.3, -0.25) is 9.59 Å². The summed E-state index contributed by atoms with van der Waals surface area (Å²) in [5, 5.41) is 16.5. The molecule has 10 nitrogen and oxygen atoms in total. The number of fused-ring (bicyclic) bond motifs is 1. The number of hydrogen-bond donors (Lipinski definition) is 1. The number of nitrogens with one attached hydrogen (secondary N) is 1. The van der Waals surface area contributed by atoms with Gasteiger partial charge in [0.05, 0.1) is 28.9 Å². The number of rotatable bonds is 12. The lowest BCUT2D eigenvalue weighted by molar-refractivity contribution is -0.116. The van der Waals surface area contributed by atoms with Crippen LogP contribution in [0.1, 0.15) is 50.0 Å². The molecule has 13 heteroatoms. The first kappa shape index (κ1) is 30.1. The van der Waals surface area contributed by atoms with Crippen molar-refractivity contribution in [3.63, 3.8) is 0 Å². The zero-order chi connectivity index (χ0) is 28.9. The molecule has 0 saturated heterocycles. The minimum atomic E-state index is -3.63. The monoisotopic (exact) mass is 692 g/mol. The van der Waals surface area contributed by atoms with Crippen LogP contribution >= 0.6 is 31.9 Å². The van der Waals surface area contributed by atoms with E-state index in [4.69, 9.17) is 0 Å². The van der Waals surface area contributed by atoms with Gasteiger partial charge in [-0.1, -0.05) is 53.4 Å². The van der Waals surface area contributed by atoms with E-state index < -0.39 is 9.84 Å². The van der Waals surface area contributed by atoms with E-state index >= 15 is 0 Å². The van der Waals surface area contributed by atoms with Crippen LogP contribution in [0.25, 0.3) is 10.8 Å². The molecule has 0 atom stereocenters. The number of unbranched alkanes of at least 4 members (excludes halogenated alkanes) is 4. The van der Waals surface area contributed by atoms with E-state index in [2.05, 4.69) is 52.5 Å². The first-order valence-electron chi connectivity index (χ1n) is 12.9. The molecule has 0 bridgehead atoms. The average Bonchev–Trinajstić information content (AvgIpc) is 3.28. The Bertz CT molecular complexity index is 1700. The Labute approximate surface area is 249 Å². The Hall–Kier alpha value is -2.90. The average molecular weight is 694 g/mol. The second kappa shape index (κ2) is 13.2. The predicted octanol–water partition coefficient (Wildman–Crippen LogP) is 4.93. The van der Waals surface area contributed by atoms with Crippen LogP contribution in [0.2, 0.25) is 0 Å². The van der Waals surface area contributed by atoms with E-state index in [1.807, 2.05) is 30.3 Å². The first-order valence-corrected chi connectivity index (χ1v) is 16.1. The second-order valence-electron chi connectivity index (χ2n) is 9.56. The summed E-state index contributed by atoms with van der Waals surface area (Å²) in [6.45, 7) is 0. The molecule has 0 fully saturated rings. The van der Waals surface area contributed by atoms with Crippen molar-refractivity contribution in [2.75, 3.05) is 11.1 Å². The van der Waals surface area contributed by atoms with E-state index in [9.17, 15) is 18.0 Å². The number of nitrogens with zero attached hydrogens (tertiary/aromatic N) is 5. The number of carbonyl (C=O) groups is 1. The summed E-state index contributed by atoms with van der Waals surface area (Å²) in [6.07, 6.45) is 4.27. The van der Waals surface area contributed by atoms with E-state index in [0.717, 1.165) is 40.3 Å². The number of aromatic nitrogens is 5. The topological polar surface area (TPSA) is 129 Å². The summed E-state index contributed by atoms with van der Waals surface area (Å²) in [5.41, 5.74) is 1.15. The molecule has 4 rings (SSSR count). The number of sulfone groups is 1. The van der Waals surface area contributed by atoms with Crippen LogP contribution in [0, 0.1) is 0 Å². The van der Waals surface area contributed by atoms with E-state index in [0.29, 0.717) is 35.1 Å². The van der Waals surface area contributed by atoms with Gasteiger partial charge < -0.3 is 9.88 Å². The maximum Gasteiger partial charge on any atom is 0.274 e. The molecule has 0 spiro atoms. The molecule has 0 aliphatic rings. The van der Waals surface area contributed by atoms with Gasteiger partial charge in [0.2, 0.25) is 20.9 Å². The molecular weight excluding hydrogens is 664 g/mol. The molecule has 2 heterocycles. The largest absolute Gasteiger partial charge is 0.325 e. The van der Waals surface area contributed by atoms with E-state index in [-0.39, 0.29) is 28.8 Å². The van der Waals surface area contributed by atoms with Crippen molar-refractivity contribution in [1.29, 1.82) is 0 Å². The van der Waals surface area contributed by atoms with Gasteiger partial charge in [-0.15, -0.1) is 10.2 Å². The van der Waals surface area contributed by atoms with Gasteiger partial charge in [0.25, 0.3) is 5.56 Å². The number of aryl methyl sites for hydroxylation is 1. The van der Waals surface area contributed by atoms with Gasteiger partial charge in [0.1, 0.15) is 5.82 Å². The molecule has 40 heavy (non-hydrogen) atoms. The van der Waals surface area contributed by atoms with Crippen molar-refractivity contribution in [3.05, 3.63) is 73.3 Å². The van der Waals surface area contributed by atoms with Gasteiger partial charge in [-0.05, 0) is 53.0 Å². The van der Waals surface area contributed by atoms with Crippen molar-refractivity contribution in [2.45, 2.75) is 50.1 Å². The predicted molar refractivity (Wildman–Crippen MR) is 161 cm³/mol. The van der Waals surface area contributed by atoms with Gasteiger partial charge >= 0.3 is 0 Å². The molecular formula is C27H30Br2N6O4S.